The van der Waals surface area contributed by atoms with Gasteiger partial charge in [-0.2, -0.15) is 0 Å². The molecule has 0 aromatic heterocycles. The number of benzene rings is 6. The molecule has 0 heterocycles. The standard InChI is InChI=1S/C46H30/c1-5-13-37(14-6-1)23-29-43-31-27-41(35-45(43)33-25-39-17-9-3-10-18-39)21-22-42-28-32-44(30-24-38-15-7-2-8-16-38)46(36-42)34-26-40-19-11-4-12-20-40/h1-20,27-28,31-32,35-36H,21-22H2. The SMILES string of the molecule is C(#Cc1ccc(CCc2ccc(C#Cc3ccccc3)c(C#Cc3ccccc3)c2)cc1C#Cc1ccccc1)c1ccccc1. The lowest BCUT2D eigenvalue weighted by Gasteiger charge is -2.07. The lowest BCUT2D eigenvalue weighted by molar-refractivity contribution is 0.958. The van der Waals surface area contributed by atoms with E-state index >= 15 is 0 Å². The van der Waals surface area contributed by atoms with Crippen LogP contribution in [0.1, 0.15) is 55.6 Å². The second-order valence-electron chi connectivity index (χ2n) is 10.7. The van der Waals surface area contributed by atoms with Crippen molar-refractivity contribution in [3.8, 4) is 47.4 Å². The van der Waals surface area contributed by atoms with E-state index in [1.54, 1.807) is 0 Å². The molecule has 0 spiro atoms. The van der Waals surface area contributed by atoms with E-state index in [2.05, 4.69) is 83.8 Å². The summed E-state index contributed by atoms with van der Waals surface area (Å²) in [6.45, 7) is 0. The van der Waals surface area contributed by atoms with Crippen molar-refractivity contribution >= 4 is 0 Å². The van der Waals surface area contributed by atoms with Crippen molar-refractivity contribution in [2.45, 2.75) is 12.8 Å². The van der Waals surface area contributed by atoms with E-state index in [0.29, 0.717) is 0 Å². The summed E-state index contributed by atoms with van der Waals surface area (Å²) in [5, 5.41) is 0. The summed E-state index contributed by atoms with van der Waals surface area (Å²) in [7, 11) is 0. The molecule has 0 N–H and O–H groups in total. The second kappa shape index (κ2) is 15.3. The molecule has 6 aromatic carbocycles. The summed E-state index contributed by atoms with van der Waals surface area (Å²) < 4.78 is 0. The summed E-state index contributed by atoms with van der Waals surface area (Å²) in [6, 6.07) is 53.1. The van der Waals surface area contributed by atoms with Crippen LogP contribution in [0.25, 0.3) is 0 Å². The summed E-state index contributed by atoms with van der Waals surface area (Å²) >= 11 is 0. The van der Waals surface area contributed by atoms with Crippen LogP contribution in [0, 0.1) is 47.4 Å². The highest BCUT2D eigenvalue weighted by molar-refractivity contribution is 5.57. The molecule has 0 heteroatoms. The molecule has 0 atom stereocenters. The van der Waals surface area contributed by atoms with Crippen LogP contribution in [0.2, 0.25) is 0 Å². The van der Waals surface area contributed by atoms with Crippen molar-refractivity contribution in [2.24, 2.45) is 0 Å². The molecule has 0 saturated heterocycles. The first-order valence-corrected chi connectivity index (χ1v) is 15.3. The van der Waals surface area contributed by atoms with Gasteiger partial charge in [-0.1, -0.05) is 132 Å². The average molecular weight is 583 g/mol. The van der Waals surface area contributed by atoms with Gasteiger partial charge in [-0.25, -0.2) is 0 Å². The molecule has 0 nitrogen and oxygen atoms in total. The molecular weight excluding hydrogens is 553 g/mol. The second-order valence-corrected chi connectivity index (χ2v) is 10.7. The smallest absolute Gasteiger partial charge is 0.0408 e. The number of rotatable bonds is 3. The molecule has 6 rings (SSSR count). The molecular formula is C46H30. The van der Waals surface area contributed by atoms with E-state index in [0.717, 1.165) is 57.3 Å². The van der Waals surface area contributed by atoms with Crippen LogP contribution in [0.15, 0.2) is 158 Å². The van der Waals surface area contributed by atoms with Gasteiger partial charge >= 0.3 is 0 Å². The van der Waals surface area contributed by atoms with Crippen molar-refractivity contribution < 1.29 is 0 Å². The van der Waals surface area contributed by atoms with Gasteiger partial charge in [0, 0.05) is 44.5 Å². The average Bonchev–Trinajstić information content (AvgIpc) is 3.13. The molecule has 0 bridgehead atoms. The van der Waals surface area contributed by atoms with Crippen LogP contribution < -0.4 is 0 Å². The van der Waals surface area contributed by atoms with Crippen LogP contribution >= 0.6 is 0 Å². The normalized spacial score (nSPS) is 9.65. The Hall–Kier alpha value is -6.44. The minimum atomic E-state index is 0.868. The summed E-state index contributed by atoms with van der Waals surface area (Å²) in [4.78, 5) is 0. The van der Waals surface area contributed by atoms with E-state index in [1.165, 1.54) is 11.1 Å². The largest absolute Gasteiger partial charge is 0.0622 e. The molecule has 0 radical (unpaired) electrons. The van der Waals surface area contributed by atoms with Gasteiger partial charge in [0.2, 0.25) is 0 Å². The molecule has 46 heavy (non-hydrogen) atoms. The van der Waals surface area contributed by atoms with E-state index in [9.17, 15) is 0 Å². The van der Waals surface area contributed by atoms with Gasteiger partial charge in [-0.3, -0.25) is 0 Å². The zero-order valence-electron chi connectivity index (χ0n) is 25.4. The fraction of sp³-hybridized carbons (Fsp3) is 0.0435. The topological polar surface area (TPSA) is 0 Å². The van der Waals surface area contributed by atoms with Gasteiger partial charge < -0.3 is 0 Å². The first-order chi connectivity index (χ1) is 22.8. The quantitative estimate of drug-likeness (QED) is 0.183. The first-order valence-electron chi connectivity index (χ1n) is 15.3. The Morgan fingerprint density at radius 2 is 0.543 bits per heavy atom. The van der Waals surface area contributed by atoms with Crippen LogP contribution in [0.4, 0.5) is 0 Å². The van der Waals surface area contributed by atoms with Crippen molar-refractivity contribution in [3.63, 3.8) is 0 Å². The van der Waals surface area contributed by atoms with Crippen LogP contribution in [0.3, 0.4) is 0 Å². The van der Waals surface area contributed by atoms with E-state index in [-0.39, 0.29) is 0 Å². The Labute approximate surface area is 272 Å². The number of aryl methyl sites for hydroxylation is 2. The Bertz CT molecular complexity index is 2020. The third-order valence-electron chi connectivity index (χ3n) is 7.33. The minimum Gasteiger partial charge on any atom is -0.0622 e. The number of hydrogen-bond donors (Lipinski definition) is 0. The zero-order valence-corrected chi connectivity index (χ0v) is 25.4. The third kappa shape index (κ3) is 8.57. The summed E-state index contributed by atoms with van der Waals surface area (Å²) in [6.07, 6.45) is 1.74. The van der Waals surface area contributed by atoms with Gasteiger partial charge in [-0.05, 0) is 96.8 Å². The first kappa shape index (κ1) is 29.6. The maximum Gasteiger partial charge on any atom is 0.0408 e. The Balaban J connectivity index is 1.28. The molecule has 0 aliphatic heterocycles. The minimum absolute atomic E-state index is 0.868. The zero-order chi connectivity index (χ0) is 31.2. The summed E-state index contributed by atoms with van der Waals surface area (Å²) in [5.74, 6) is 26.7. The van der Waals surface area contributed by atoms with Crippen LogP contribution in [-0.4, -0.2) is 0 Å². The van der Waals surface area contributed by atoms with Gasteiger partial charge in [-0.15, -0.1) is 0 Å². The lowest BCUT2D eigenvalue weighted by atomic mass is 9.97. The predicted octanol–water partition coefficient (Wildman–Crippen LogP) is 9.07. The lowest BCUT2D eigenvalue weighted by Crippen LogP contribution is -1.96. The van der Waals surface area contributed by atoms with Gasteiger partial charge in [0.25, 0.3) is 0 Å². The fourth-order valence-corrected chi connectivity index (χ4v) is 4.85. The van der Waals surface area contributed by atoms with Crippen molar-refractivity contribution in [1.29, 1.82) is 0 Å². The fourth-order valence-electron chi connectivity index (χ4n) is 4.85. The van der Waals surface area contributed by atoms with E-state index < -0.39 is 0 Å². The molecule has 6 aromatic rings. The van der Waals surface area contributed by atoms with Gasteiger partial charge in [0.05, 0.1) is 0 Å². The highest BCUT2D eigenvalue weighted by atomic mass is 14.1. The van der Waals surface area contributed by atoms with Crippen molar-refractivity contribution in [1.82, 2.24) is 0 Å². The molecule has 0 unspecified atom stereocenters. The Morgan fingerprint density at radius 1 is 0.261 bits per heavy atom. The molecule has 0 saturated carbocycles. The van der Waals surface area contributed by atoms with Crippen molar-refractivity contribution in [2.75, 3.05) is 0 Å². The number of hydrogen-bond acceptors (Lipinski definition) is 0. The highest BCUT2D eigenvalue weighted by Gasteiger charge is 2.05. The molecule has 0 aliphatic carbocycles. The molecule has 214 valence electrons. The van der Waals surface area contributed by atoms with E-state index in [1.807, 2.05) is 121 Å². The Kier molecular flexibility index (Phi) is 9.88. The third-order valence-corrected chi connectivity index (χ3v) is 7.33. The maximum atomic E-state index is 3.39. The van der Waals surface area contributed by atoms with E-state index in [4.69, 9.17) is 0 Å². The summed E-state index contributed by atoms with van der Waals surface area (Å²) in [5.41, 5.74) is 10.1. The van der Waals surface area contributed by atoms with Gasteiger partial charge in [0.1, 0.15) is 0 Å². The Morgan fingerprint density at radius 3 is 0.848 bits per heavy atom. The van der Waals surface area contributed by atoms with Crippen LogP contribution in [0.5, 0.6) is 0 Å². The maximum absolute atomic E-state index is 3.39. The van der Waals surface area contributed by atoms with Crippen molar-refractivity contribution in [3.05, 3.63) is 213 Å². The predicted molar refractivity (Wildman–Crippen MR) is 190 cm³/mol. The molecule has 0 aliphatic rings. The monoisotopic (exact) mass is 582 g/mol. The highest BCUT2D eigenvalue weighted by Crippen LogP contribution is 2.17. The van der Waals surface area contributed by atoms with Crippen LogP contribution in [-0.2, 0) is 12.8 Å². The molecule has 0 amide bonds. The van der Waals surface area contributed by atoms with Gasteiger partial charge in [0.15, 0.2) is 0 Å². The molecule has 0 fully saturated rings.